The molecule has 0 saturated heterocycles. The lowest BCUT2D eigenvalue weighted by Crippen LogP contribution is -2.12. The van der Waals surface area contributed by atoms with Crippen LogP contribution in [0.5, 0.6) is 0 Å². The molecule has 0 spiro atoms. The van der Waals surface area contributed by atoms with Crippen LogP contribution >= 0.6 is 0 Å². The van der Waals surface area contributed by atoms with Gasteiger partial charge >= 0.3 is 0 Å². The fourth-order valence-corrected chi connectivity index (χ4v) is 2.91. The van der Waals surface area contributed by atoms with Crippen LogP contribution in [0, 0.1) is 0 Å². The van der Waals surface area contributed by atoms with Crippen molar-refractivity contribution in [1.29, 1.82) is 0 Å². The third-order valence-electron chi connectivity index (χ3n) is 2.62. The van der Waals surface area contributed by atoms with Crippen LogP contribution in [0.15, 0.2) is 58.3 Å². The summed E-state index contributed by atoms with van der Waals surface area (Å²) in [5.74, 6) is -0.672. The average Bonchev–Trinajstić information content (AvgIpc) is 2.39. The van der Waals surface area contributed by atoms with Gasteiger partial charge in [0.2, 0.25) is 15.7 Å². The number of amides is 1. The van der Waals surface area contributed by atoms with Gasteiger partial charge in [0.15, 0.2) is 0 Å². The van der Waals surface area contributed by atoms with Crippen LogP contribution in [0.2, 0.25) is 0 Å². The number of hydrogen-bond acceptors (Lipinski definition) is 4. The second-order valence-electron chi connectivity index (χ2n) is 3.96. The quantitative estimate of drug-likeness (QED) is 0.822. The van der Waals surface area contributed by atoms with Gasteiger partial charge in [-0.15, -0.1) is 0 Å². The van der Waals surface area contributed by atoms with E-state index < -0.39 is 15.7 Å². The van der Waals surface area contributed by atoms with Gasteiger partial charge in [-0.2, -0.15) is 0 Å². The number of primary amides is 1. The van der Waals surface area contributed by atoms with E-state index in [1.54, 1.807) is 0 Å². The standard InChI is InChI=1S/C13H12N2O3S/c14-10-4-6-11(7-5-10)19(17,18)12-3-1-2-9(8-12)13(15)16/h1-8H,14H2,(H2,15,16). The SMILES string of the molecule is NC(=O)c1cccc(S(=O)(=O)c2ccc(N)cc2)c1. The fourth-order valence-electron chi connectivity index (χ4n) is 1.60. The van der Waals surface area contributed by atoms with E-state index >= 15 is 0 Å². The molecule has 0 bridgehead atoms. The Kier molecular flexibility index (Phi) is 3.26. The monoisotopic (exact) mass is 276 g/mol. The smallest absolute Gasteiger partial charge is 0.248 e. The molecule has 0 saturated carbocycles. The molecule has 0 fully saturated rings. The number of nitrogen functional groups attached to an aromatic ring is 1. The number of carbonyl (C=O) groups excluding carboxylic acids is 1. The molecule has 0 aliphatic heterocycles. The first-order valence-electron chi connectivity index (χ1n) is 5.42. The van der Waals surface area contributed by atoms with Crippen molar-refractivity contribution in [2.24, 2.45) is 5.73 Å². The number of anilines is 1. The van der Waals surface area contributed by atoms with Gasteiger partial charge in [0, 0.05) is 11.3 Å². The van der Waals surface area contributed by atoms with E-state index in [4.69, 9.17) is 11.5 Å². The molecule has 0 heterocycles. The first kappa shape index (κ1) is 13.1. The van der Waals surface area contributed by atoms with Crippen molar-refractivity contribution < 1.29 is 13.2 Å². The van der Waals surface area contributed by atoms with Crippen molar-refractivity contribution in [3.05, 3.63) is 54.1 Å². The van der Waals surface area contributed by atoms with Gasteiger partial charge in [-0.25, -0.2) is 8.42 Å². The number of rotatable bonds is 3. The minimum absolute atomic E-state index is 0.0218. The normalized spacial score (nSPS) is 11.2. The summed E-state index contributed by atoms with van der Waals surface area (Å²) in [7, 11) is -3.68. The van der Waals surface area contributed by atoms with Crippen LogP contribution < -0.4 is 11.5 Å². The second-order valence-corrected chi connectivity index (χ2v) is 5.91. The summed E-state index contributed by atoms with van der Waals surface area (Å²) in [6.45, 7) is 0. The van der Waals surface area contributed by atoms with E-state index in [0.717, 1.165) is 0 Å². The molecule has 0 atom stereocenters. The van der Waals surface area contributed by atoms with E-state index in [9.17, 15) is 13.2 Å². The Bertz CT molecular complexity index is 722. The molecule has 6 heteroatoms. The summed E-state index contributed by atoms with van der Waals surface area (Å²) < 4.78 is 24.7. The Morgan fingerprint density at radius 3 is 2.16 bits per heavy atom. The molecule has 2 aromatic rings. The third kappa shape index (κ3) is 2.58. The van der Waals surface area contributed by atoms with Crippen LogP contribution in [-0.2, 0) is 9.84 Å². The predicted molar refractivity (Wildman–Crippen MR) is 71.3 cm³/mol. The molecule has 98 valence electrons. The van der Waals surface area contributed by atoms with Crippen molar-refractivity contribution in [2.75, 3.05) is 5.73 Å². The fraction of sp³-hybridized carbons (Fsp3) is 0. The van der Waals surface area contributed by atoms with Crippen LogP contribution in [0.3, 0.4) is 0 Å². The van der Waals surface area contributed by atoms with E-state index in [2.05, 4.69) is 0 Å². The van der Waals surface area contributed by atoms with Crippen molar-refractivity contribution in [1.82, 2.24) is 0 Å². The number of nitrogens with two attached hydrogens (primary N) is 2. The number of sulfone groups is 1. The number of carbonyl (C=O) groups is 1. The molecule has 0 aliphatic carbocycles. The average molecular weight is 276 g/mol. The first-order chi connectivity index (χ1) is 8.91. The van der Waals surface area contributed by atoms with Crippen molar-refractivity contribution >= 4 is 21.4 Å². The predicted octanol–water partition coefficient (Wildman–Crippen LogP) is 1.20. The van der Waals surface area contributed by atoms with Gasteiger partial charge in [0.25, 0.3) is 0 Å². The van der Waals surface area contributed by atoms with Gasteiger partial charge in [-0.3, -0.25) is 4.79 Å². The summed E-state index contributed by atoms with van der Waals surface area (Å²) in [6.07, 6.45) is 0. The molecular formula is C13H12N2O3S. The molecule has 1 amide bonds. The maximum absolute atomic E-state index is 12.3. The van der Waals surface area contributed by atoms with Gasteiger partial charge in [-0.05, 0) is 42.5 Å². The van der Waals surface area contributed by atoms with Gasteiger partial charge in [-0.1, -0.05) is 6.07 Å². The highest BCUT2D eigenvalue weighted by Crippen LogP contribution is 2.22. The topological polar surface area (TPSA) is 103 Å². The van der Waals surface area contributed by atoms with Crippen molar-refractivity contribution in [3.63, 3.8) is 0 Å². The maximum atomic E-state index is 12.3. The van der Waals surface area contributed by atoms with Gasteiger partial charge in [0.05, 0.1) is 9.79 Å². The number of hydrogen-bond donors (Lipinski definition) is 2. The Morgan fingerprint density at radius 2 is 1.58 bits per heavy atom. The van der Waals surface area contributed by atoms with Crippen LogP contribution in [0.25, 0.3) is 0 Å². The number of benzene rings is 2. The lowest BCUT2D eigenvalue weighted by molar-refractivity contribution is 0.1000. The Balaban J connectivity index is 2.53. The second kappa shape index (κ2) is 4.74. The highest BCUT2D eigenvalue weighted by Gasteiger charge is 2.18. The first-order valence-corrected chi connectivity index (χ1v) is 6.90. The largest absolute Gasteiger partial charge is 0.399 e. The molecule has 0 aliphatic rings. The zero-order valence-corrected chi connectivity index (χ0v) is 10.7. The zero-order chi connectivity index (χ0) is 14.0. The summed E-state index contributed by atoms with van der Waals surface area (Å²) in [6, 6.07) is 11.5. The van der Waals surface area contributed by atoms with Crippen LogP contribution in [-0.4, -0.2) is 14.3 Å². The molecular weight excluding hydrogens is 264 g/mol. The van der Waals surface area contributed by atoms with E-state index in [1.165, 1.54) is 48.5 Å². The highest BCUT2D eigenvalue weighted by atomic mass is 32.2. The molecule has 2 aromatic carbocycles. The van der Waals surface area contributed by atoms with E-state index in [-0.39, 0.29) is 15.4 Å². The Hall–Kier alpha value is -2.34. The summed E-state index contributed by atoms with van der Waals surface area (Å²) in [5.41, 5.74) is 11.3. The molecule has 0 radical (unpaired) electrons. The minimum Gasteiger partial charge on any atom is -0.399 e. The Morgan fingerprint density at radius 1 is 0.947 bits per heavy atom. The highest BCUT2D eigenvalue weighted by molar-refractivity contribution is 7.91. The van der Waals surface area contributed by atoms with E-state index in [1.807, 2.05) is 0 Å². The minimum atomic E-state index is -3.68. The molecule has 0 aromatic heterocycles. The summed E-state index contributed by atoms with van der Waals surface area (Å²) in [4.78, 5) is 11.2. The third-order valence-corrected chi connectivity index (χ3v) is 4.39. The van der Waals surface area contributed by atoms with Crippen molar-refractivity contribution in [3.8, 4) is 0 Å². The molecule has 0 unspecified atom stereocenters. The van der Waals surface area contributed by atoms with Crippen LogP contribution in [0.4, 0.5) is 5.69 Å². The maximum Gasteiger partial charge on any atom is 0.248 e. The van der Waals surface area contributed by atoms with Crippen LogP contribution in [0.1, 0.15) is 10.4 Å². The zero-order valence-electron chi connectivity index (χ0n) is 9.91. The Labute approximate surface area is 110 Å². The van der Waals surface area contributed by atoms with Gasteiger partial charge < -0.3 is 11.5 Å². The lowest BCUT2D eigenvalue weighted by atomic mass is 10.2. The van der Waals surface area contributed by atoms with Gasteiger partial charge in [0.1, 0.15) is 0 Å². The molecule has 2 rings (SSSR count). The van der Waals surface area contributed by atoms with E-state index in [0.29, 0.717) is 5.69 Å². The van der Waals surface area contributed by atoms with Crippen molar-refractivity contribution in [2.45, 2.75) is 9.79 Å². The molecule has 19 heavy (non-hydrogen) atoms. The summed E-state index contributed by atoms with van der Waals surface area (Å²) >= 11 is 0. The lowest BCUT2D eigenvalue weighted by Gasteiger charge is -2.06. The summed E-state index contributed by atoms with van der Waals surface area (Å²) in [5, 5.41) is 0. The molecule has 5 nitrogen and oxygen atoms in total. The molecule has 4 N–H and O–H groups in total.